The minimum atomic E-state index is -4.46. The predicted molar refractivity (Wildman–Crippen MR) is 63.5 cm³/mol. The van der Waals surface area contributed by atoms with E-state index in [9.17, 15) is 4.57 Å². The third kappa shape index (κ3) is 17.9. The SMILES string of the molecule is O=P(O)(O)OCOCCOCCOCCOCCO. The Kier molecular flexibility index (Phi) is 12.9. The van der Waals surface area contributed by atoms with Crippen LogP contribution in [-0.4, -0.2) is 74.5 Å². The van der Waals surface area contributed by atoms with Crippen LogP contribution in [0.4, 0.5) is 0 Å². The van der Waals surface area contributed by atoms with E-state index >= 15 is 0 Å². The van der Waals surface area contributed by atoms with Crippen LogP contribution < -0.4 is 0 Å². The quantitative estimate of drug-likeness (QED) is 0.213. The van der Waals surface area contributed by atoms with E-state index in [1.807, 2.05) is 0 Å². The summed E-state index contributed by atoms with van der Waals surface area (Å²) in [5, 5.41) is 8.42. The molecular weight excluding hydrogens is 283 g/mol. The summed E-state index contributed by atoms with van der Waals surface area (Å²) in [7, 11) is -4.46. The third-order valence-electron chi connectivity index (χ3n) is 1.66. The van der Waals surface area contributed by atoms with Gasteiger partial charge in [-0.3, -0.25) is 4.52 Å². The number of hydrogen-bond acceptors (Lipinski definition) is 7. The molecule has 0 spiro atoms. The maximum absolute atomic E-state index is 10.3. The highest BCUT2D eigenvalue weighted by Crippen LogP contribution is 2.35. The molecule has 9 nitrogen and oxygen atoms in total. The Bertz CT molecular complexity index is 232. The van der Waals surface area contributed by atoms with E-state index in [4.69, 9.17) is 33.8 Å². The highest BCUT2D eigenvalue weighted by Gasteiger charge is 2.12. The van der Waals surface area contributed by atoms with Crippen LogP contribution in [0.5, 0.6) is 0 Å². The number of aliphatic hydroxyl groups excluding tert-OH is 1. The Labute approximate surface area is 111 Å². The van der Waals surface area contributed by atoms with Crippen LogP contribution in [0.15, 0.2) is 0 Å². The number of hydrogen-bond donors (Lipinski definition) is 3. The first-order valence-electron chi connectivity index (χ1n) is 5.68. The molecule has 0 aromatic carbocycles. The van der Waals surface area contributed by atoms with Gasteiger partial charge in [-0.2, -0.15) is 0 Å². The smallest absolute Gasteiger partial charge is 0.394 e. The van der Waals surface area contributed by atoms with Crippen LogP contribution in [0, 0.1) is 0 Å². The van der Waals surface area contributed by atoms with Crippen molar-refractivity contribution < 1.29 is 42.9 Å². The van der Waals surface area contributed by atoms with E-state index in [1.165, 1.54) is 0 Å². The lowest BCUT2D eigenvalue weighted by Crippen LogP contribution is -2.13. The van der Waals surface area contributed by atoms with Crippen molar-refractivity contribution in [2.75, 3.05) is 59.6 Å². The van der Waals surface area contributed by atoms with Crippen molar-refractivity contribution in [2.45, 2.75) is 0 Å². The Morgan fingerprint density at radius 1 is 0.737 bits per heavy atom. The Hall–Kier alpha value is -0.0900. The molecule has 0 atom stereocenters. The summed E-state index contributed by atoms with van der Waals surface area (Å²) in [6, 6.07) is 0. The van der Waals surface area contributed by atoms with Crippen LogP contribution in [0.2, 0.25) is 0 Å². The molecule has 0 rings (SSSR count). The van der Waals surface area contributed by atoms with Crippen molar-refractivity contribution in [1.82, 2.24) is 0 Å². The van der Waals surface area contributed by atoms with Crippen molar-refractivity contribution in [3.8, 4) is 0 Å². The number of rotatable bonds is 14. The van der Waals surface area contributed by atoms with Crippen molar-refractivity contribution in [1.29, 1.82) is 0 Å². The average molecular weight is 304 g/mol. The van der Waals surface area contributed by atoms with Gasteiger partial charge in [-0.1, -0.05) is 0 Å². The minimum Gasteiger partial charge on any atom is -0.394 e. The summed E-state index contributed by atoms with van der Waals surface area (Å²) in [5.41, 5.74) is 0. The van der Waals surface area contributed by atoms with Gasteiger partial charge in [0.1, 0.15) is 0 Å². The molecule has 116 valence electrons. The van der Waals surface area contributed by atoms with E-state index in [0.717, 1.165) is 0 Å². The zero-order chi connectivity index (χ0) is 14.4. The van der Waals surface area contributed by atoms with Gasteiger partial charge in [0.25, 0.3) is 0 Å². The van der Waals surface area contributed by atoms with Crippen molar-refractivity contribution in [3.05, 3.63) is 0 Å². The van der Waals surface area contributed by atoms with E-state index in [0.29, 0.717) is 33.0 Å². The van der Waals surface area contributed by atoms with Gasteiger partial charge >= 0.3 is 7.82 Å². The predicted octanol–water partition coefficient (Wildman–Crippen LogP) is -0.888. The van der Waals surface area contributed by atoms with Crippen LogP contribution in [0.1, 0.15) is 0 Å². The van der Waals surface area contributed by atoms with Crippen LogP contribution >= 0.6 is 7.82 Å². The highest BCUT2D eigenvalue weighted by molar-refractivity contribution is 7.46. The summed E-state index contributed by atoms with van der Waals surface area (Å²) in [5.74, 6) is 0. The van der Waals surface area contributed by atoms with Gasteiger partial charge in [0, 0.05) is 0 Å². The van der Waals surface area contributed by atoms with Gasteiger partial charge in [-0.25, -0.2) is 4.57 Å². The molecule has 3 N–H and O–H groups in total. The number of ether oxygens (including phenoxy) is 4. The molecule has 0 aliphatic rings. The van der Waals surface area contributed by atoms with E-state index in [1.54, 1.807) is 0 Å². The minimum absolute atomic E-state index is 0.00512. The fourth-order valence-corrected chi connectivity index (χ4v) is 1.10. The van der Waals surface area contributed by atoms with Crippen molar-refractivity contribution in [3.63, 3.8) is 0 Å². The monoisotopic (exact) mass is 304 g/mol. The largest absolute Gasteiger partial charge is 0.471 e. The standard InChI is InChI=1S/C9H21O9P/c10-1-2-14-3-4-15-5-6-16-7-8-17-9-18-19(11,12)13/h10H,1-9H2,(H2,11,12,13). The second-order valence-electron chi connectivity index (χ2n) is 3.21. The highest BCUT2D eigenvalue weighted by atomic mass is 31.2. The average Bonchev–Trinajstić information content (AvgIpc) is 2.34. The van der Waals surface area contributed by atoms with Crippen LogP contribution in [0.3, 0.4) is 0 Å². The normalized spacial score (nSPS) is 11.9. The van der Waals surface area contributed by atoms with Gasteiger partial charge < -0.3 is 33.8 Å². The summed E-state index contributed by atoms with van der Waals surface area (Å²) < 4.78 is 34.3. The molecule has 0 aromatic heterocycles. The topological polar surface area (TPSA) is 124 Å². The van der Waals surface area contributed by atoms with Gasteiger partial charge in [0.05, 0.1) is 52.9 Å². The number of phosphoric acid groups is 1. The van der Waals surface area contributed by atoms with E-state index < -0.39 is 14.6 Å². The fourth-order valence-electron chi connectivity index (χ4n) is 0.889. The van der Waals surface area contributed by atoms with Gasteiger partial charge in [0.2, 0.25) is 0 Å². The maximum atomic E-state index is 10.3. The molecule has 0 aliphatic heterocycles. The van der Waals surface area contributed by atoms with E-state index in [2.05, 4.69) is 4.52 Å². The Morgan fingerprint density at radius 2 is 1.16 bits per heavy atom. The third-order valence-corrected chi connectivity index (χ3v) is 2.10. The van der Waals surface area contributed by atoms with Gasteiger partial charge in [0.15, 0.2) is 6.79 Å². The Balaban J connectivity index is 3.01. The number of aliphatic hydroxyl groups is 1. The fraction of sp³-hybridized carbons (Fsp3) is 1.00. The van der Waals surface area contributed by atoms with Crippen molar-refractivity contribution >= 4 is 7.82 Å². The molecular formula is C9H21O9P. The summed E-state index contributed by atoms with van der Waals surface area (Å²) in [6.45, 7) is 1.88. The number of phosphoric ester groups is 1. The second kappa shape index (κ2) is 12.9. The molecule has 0 bridgehead atoms. The molecule has 0 saturated heterocycles. The first-order chi connectivity index (χ1) is 9.06. The molecule has 0 amide bonds. The lowest BCUT2D eigenvalue weighted by Gasteiger charge is -2.07. The maximum Gasteiger partial charge on any atom is 0.471 e. The molecule has 19 heavy (non-hydrogen) atoms. The first-order valence-corrected chi connectivity index (χ1v) is 7.21. The Morgan fingerprint density at radius 3 is 1.58 bits per heavy atom. The molecule has 0 saturated carbocycles. The summed E-state index contributed by atoms with van der Waals surface area (Å²) >= 11 is 0. The molecule has 10 heteroatoms. The second-order valence-corrected chi connectivity index (χ2v) is 4.45. The summed E-state index contributed by atoms with van der Waals surface area (Å²) in [6.07, 6.45) is 0. The molecule has 0 aliphatic carbocycles. The van der Waals surface area contributed by atoms with Crippen LogP contribution in [-0.2, 0) is 28.0 Å². The molecule has 0 aromatic rings. The molecule has 0 unspecified atom stereocenters. The zero-order valence-corrected chi connectivity index (χ0v) is 11.5. The van der Waals surface area contributed by atoms with Crippen LogP contribution in [0.25, 0.3) is 0 Å². The van der Waals surface area contributed by atoms with E-state index in [-0.39, 0.29) is 19.8 Å². The van der Waals surface area contributed by atoms with Gasteiger partial charge in [-0.15, -0.1) is 0 Å². The molecule has 0 heterocycles. The molecule has 0 radical (unpaired) electrons. The van der Waals surface area contributed by atoms with Gasteiger partial charge in [-0.05, 0) is 0 Å². The van der Waals surface area contributed by atoms with Crippen molar-refractivity contribution in [2.24, 2.45) is 0 Å². The molecule has 0 fully saturated rings. The zero-order valence-electron chi connectivity index (χ0n) is 10.6. The lowest BCUT2D eigenvalue weighted by molar-refractivity contribution is -0.0386. The first kappa shape index (κ1) is 18.9. The summed E-state index contributed by atoms with van der Waals surface area (Å²) in [4.78, 5) is 16.7. The lowest BCUT2D eigenvalue weighted by atomic mass is 10.7.